The predicted octanol–water partition coefficient (Wildman–Crippen LogP) is 8.43. The van der Waals surface area contributed by atoms with E-state index in [1.807, 2.05) is 12.3 Å². The molecule has 0 bridgehead atoms. The van der Waals surface area contributed by atoms with Crippen LogP contribution < -0.4 is 0 Å². The lowest BCUT2D eigenvalue weighted by molar-refractivity contribution is -0.228. The second kappa shape index (κ2) is 8.45. The number of allylic oxidation sites excluding steroid dienone is 3. The van der Waals surface area contributed by atoms with Crippen molar-refractivity contribution < 1.29 is 10.2 Å². The molecule has 2 N–H and O–H groups in total. The quantitative estimate of drug-likeness (QED) is 0.396. The minimum Gasteiger partial charge on any atom is -0.493 e. The van der Waals surface area contributed by atoms with Crippen LogP contribution in [0.5, 0.6) is 5.88 Å². The smallest absolute Gasteiger partial charge is 0.210 e. The highest BCUT2D eigenvalue weighted by atomic mass is 16.3. The molecular formula is C35H51NO2. The van der Waals surface area contributed by atoms with Gasteiger partial charge in [0.1, 0.15) is 0 Å². The zero-order valence-corrected chi connectivity index (χ0v) is 24.8. The summed E-state index contributed by atoms with van der Waals surface area (Å²) in [6, 6.07) is 3.78. The van der Waals surface area contributed by atoms with Crippen LogP contribution >= 0.6 is 0 Å². The Labute approximate surface area is 231 Å². The van der Waals surface area contributed by atoms with Crippen LogP contribution in [-0.4, -0.2) is 21.8 Å². The molecule has 208 valence electrons. The van der Waals surface area contributed by atoms with Crippen molar-refractivity contribution in [1.29, 1.82) is 0 Å². The number of aromatic hydroxyl groups is 1. The van der Waals surface area contributed by atoms with Crippen LogP contribution in [0.3, 0.4) is 0 Å². The number of aromatic nitrogens is 1. The van der Waals surface area contributed by atoms with E-state index in [0.29, 0.717) is 41.1 Å². The van der Waals surface area contributed by atoms with E-state index in [0.717, 1.165) is 12.3 Å². The summed E-state index contributed by atoms with van der Waals surface area (Å²) in [5, 5.41) is 20.5. The van der Waals surface area contributed by atoms with E-state index in [1.54, 1.807) is 6.07 Å². The summed E-state index contributed by atoms with van der Waals surface area (Å²) in [4.78, 5) is 4.22. The Hall–Kier alpha value is -1.61. The maximum Gasteiger partial charge on any atom is 0.210 e. The van der Waals surface area contributed by atoms with Crippen LogP contribution in [0.25, 0.3) is 5.57 Å². The number of rotatable bonds is 3. The van der Waals surface area contributed by atoms with Crippen molar-refractivity contribution in [2.75, 3.05) is 6.61 Å². The van der Waals surface area contributed by atoms with Crippen molar-refractivity contribution in [3.63, 3.8) is 0 Å². The van der Waals surface area contributed by atoms with Crippen LogP contribution in [0.2, 0.25) is 0 Å². The van der Waals surface area contributed by atoms with Crippen molar-refractivity contribution in [3.05, 3.63) is 42.1 Å². The molecule has 1 aromatic heterocycles. The van der Waals surface area contributed by atoms with Crippen molar-refractivity contribution in [2.45, 2.75) is 99.3 Å². The number of aliphatic hydroxyl groups is 1. The van der Waals surface area contributed by atoms with E-state index in [4.69, 9.17) is 0 Å². The first-order valence-corrected chi connectivity index (χ1v) is 15.5. The highest BCUT2D eigenvalue weighted by molar-refractivity contribution is 5.71. The Morgan fingerprint density at radius 2 is 1.71 bits per heavy atom. The third kappa shape index (κ3) is 3.26. The number of aliphatic hydroxyl groups excluding tert-OH is 1. The normalized spacial score (nSPS) is 47.2. The van der Waals surface area contributed by atoms with Gasteiger partial charge >= 0.3 is 0 Å². The molecule has 3 nitrogen and oxygen atoms in total. The minimum absolute atomic E-state index is 0.0693. The summed E-state index contributed by atoms with van der Waals surface area (Å²) < 4.78 is 0. The summed E-state index contributed by atoms with van der Waals surface area (Å²) in [7, 11) is 0. The monoisotopic (exact) mass is 517 g/mol. The lowest BCUT2D eigenvalue weighted by atomic mass is 9.32. The second-order valence-electron chi connectivity index (χ2n) is 15.7. The molecule has 0 amide bonds. The van der Waals surface area contributed by atoms with Gasteiger partial charge in [-0.1, -0.05) is 52.8 Å². The van der Waals surface area contributed by atoms with E-state index in [2.05, 4.69) is 59.2 Å². The summed E-state index contributed by atoms with van der Waals surface area (Å²) >= 11 is 0. The molecule has 1 heterocycles. The van der Waals surface area contributed by atoms with E-state index < -0.39 is 0 Å². The first-order valence-electron chi connectivity index (χ1n) is 15.5. The van der Waals surface area contributed by atoms with Crippen molar-refractivity contribution in [2.24, 2.45) is 56.7 Å². The second-order valence-corrected chi connectivity index (χ2v) is 15.7. The van der Waals surface area contributed by atoms with Gasteiger partial charge in [0, 0.05) is 18.9 Å². The Kier molecular flexibility index (Phi) is 5.91. The van der Waals surface area contributed by atoms with Crippen LogP contribution in [0, 0.1) is 56.7 Å². The molecule has 1 aromatic rings. The first kappa shape index (κ1) is 26.6. The molecule has 5 aliphatic carbocycles. The SMILES string of the molecule is C=C(C)[C@@H]1CC[C@]2(CO)CC[C@]3(C)[C@H](CC[C@@H]4[C@@]5(C)CC=C(c6ccc(O)nc6)C(C)(C)[C@@H]5CC[C@]43C)[C@@H]12. The van der Waals surface area contributed by atoms with Gasteiger partial charge in [-0.15, -0.1) is 0 Å². The molecule has 4 fully saturated rings. The van der Waals surface area contributed by atoms with Gasteiger partial charge in [0.15, 0.2) is 0 Å². The lowest BCUT2D eigenvalue weighted by Crippen LogP contribution is -2.65. The van der Waals surface area contributed by atoms with Gasteiger partial charge in [0.05, 0.1) is 0 Å². The van der Waals surface area contributed by atoms with Gasteiger partial charge in [-0.05, 0) is 139 Å². The van der Waals surface area contributed by atoms with Crippen molar-refractivity contribution in [1.82, 2.24) is 4.98 Å². The maximum atomic E-state index is 10.8. The molecule has 0 spiro atoms. The van der Waals surface area contributed by atoms with Gasteiger partial charge in [-0.2, -0.15) is 0 Å². The maximum absolute atomic E-state index is 10.8. The molecule has 38 heavy (non-hydrogen) atoms. The van der Waals surface area contributed by atoms with Crippen LogP contribution in [-0.2, 0) is 0 Å². The molecule has 5 aliphatic rings. The van der Waals surface area contributed by atoms with E-state index >= 15 is 0 Å². The Morgan fingerprint density at radius 3 is 2.37 bits per heavy atom. The molecule has 0 radical (unpaired) electrons. The summed E-state index contributed by atoms with van der Waals surface area (Å²) in [6.07, 6.45) is 15.6. The molecule has 4 saturated carbocycles. The van der Waals surface area contributed by atoms with E-state index in [1.165, 1.54) is 68.1 Å². The van der Waals surface area contributed by atoms with E-state index in [9.17, 15) is 10.2 Å². The molecule has 3 heteroatoms. The minimum atomic E-state index is 0.0693. The lowest BCUT2D eigenvalue weighted by Gasteiger charge is -2.72. The van der Waals surface area contributed by atoms with Crippen LogP contribution in [0.15, 0.2) is 36.6 Å². The van der Waals surface area contributed by atoms with Gasteiger partial charge in [0.2, 0.25) is 5.88 Å². The largest absolute Gasteiger partial charge is 0.493 e. The fraction of sp³-hybridized carbons (Fsp3) is 0.743. The Bertz CT molecular complexity index is 1150. The van der Waals surface area contributed by atoms with Gasteiger partial charge in [-0.25, -0.2) is 4.98 Å². The van der Waals surface area contributed by atoms with Gasteiger partial charge < -0.3 is 10.2 Å². The number of pyridine rings is 1. The molecule has 0 unspecified atom stereocenters. The molecule has 0 aromatic carbocycles. The zero-order valence-electron chi connectivity index (χ0n) is 24.8. The fourth-order valence-corrected chi connectivity index (χ4v) is 12.2. The van der Waals surface area contributed by atoms with Crippen molar-refractivity contribution >= 4 is 5.57 Å². The average molecular weight is 518 g/mol. The van der Waals surface area contributed by atoms with Crippen molar-refractivity contribution in [3.8, 4) is 5.88 Å². The predicted molar refractivity (Wildman–Crippen MR) is 155 cm³/mol. The fourth-order valence-electron chi connectivity index (χ4n) is 12.2. The standard InChI is InChI=1S/C35H51NO2/c1-22(2)24-12-17-35(21-37)19-18-33(6)26(30(24)35)9-10-28-32(5)15-13-25(23-8-11-29(38)36-20-23)31(3,4)27(32)14-16-34(28,33)7/h8,11,13,20,24,26-28,30,37H,1,9-10,12,14-19,21H2,2-7H3,(H,36,38)/t24-,26+,27-,28+,30+,32-,33+,34+,35+/m0/s1. The topological polar surface area (TPSA) is 53.4 Å². The summed E-state index contributed by atoms with van der Waals surface area (Å²) in [6.45, 7) is 20.0. The Balaban J connectivity index is 1.38. The number of nitrogens with zero attached hydrogens (tertiary/aromatic N) is 1. The summed E-state index contributed by atoms with van der Waals surface area (Å²) in [5.74, 6) is 3.33. The first-order chi connectivity index (χ1) is 17.8. The summed E-state index contributed by atoms with van der Waals surface area (Å²) in [5.41, 5.74) is 5.06. The highest BCUT2D eigenvalue weighted by Crippen LogP contribution is 2.77. The molecule has 0 aliphatic heterocycles. The van der Waals surface area contributed by atoms with Crippen LogP contribution in [0.1, 0.15) is 105 Å². The number of hydrogen-bond acceptors (Lipinski definition) is 3. The molecule has 0 saturated heterocycles. The molecule has 6 rings (SSSR count). The molecule has 9 atom stereocenters. The van der Waals surface area contributed by atoms with E-state index in [-0.39, 0.29) is 22.1 Å². The van der Waals surface area contributed by atoms with Gasteiger partial charge in [0.25, 0.3) is 0 Å². The Morgan fingerprint density at radius 1 is 0.947 bits per heavy atom. The number of fused-ring (bicyclic) bond motifs is 7. The number of hydrogen-bond donors (Lipinski definition) is 2. The third-order valence-electron chi connectivity index (χ3n) is 14.2. The van der Waals surface area contributed by atoms with Gasteiger partial charge in [-0.3, -0.25) is 0 Å². The third-order valence-corrected chi connectivity index (χ3v) is 14.2. The zero-order chi connectivity index (χ0) is 27.3. The average Bonchev–Trinajstić information content (AvgIpc) is 3.26. The van der Waals surface area contributed by atoms with Crippen LogP contribution in [0.4, 0.5) is 0 Å². The molecular weight excluding hydrogens is 466 g/mol. The highest BCUT2D eigenvalue weighted by Gasteiger charge is 2.70.